The zero-order valence-corrected chi connectivity index (χ0v) is 9.95. The fourth-order valence-corrected chi connectivity index (χ4v) is 1.64. The van der Waals surface area contributed by atoms with Gasteiger partial charge < -0.3 is 9.52 Å². The van der Waals surface area contributed by atoms with E-state index in [1.54, 1.807) is 30.5 Å². The third kappa shape index (κ3) is 2.55. The van der Waals surface area contributed by atoms with Crippen LogP contribution in [0.5, 0.6) is 5.75 Å². The van der Waals surface area contributed by atoms with E-state index in [-0.39, 0.29) is 5.75 Å². The molecular weight excluding hydrogens is 242 g/mol. The van der Waals surface area contributed by atoms with Crippen LogP contribution in [-0.4, -0.2) is 16.3 Å². The topological polar surface area (TPSA) is 70.7 Å². The number of phenols is 1. The van der Waals surface area contributed by atoms with Crippen LogP contribution in [0, 0.1) is 0 Å². The number of oxazole rings is 1. The molecule has 0 aliphatic carbocycles. The van der Waals surface area contributed by atoms with Gasteiger partial charge in [0.15, 0.2) is 5.58 Å². The Morgan fingerprint density at radius 2 is 1.89 bits per heavy atom. The Morgan fingerprint density at radius 3 is 2.68 bits per heavy atom. The second kappa shape index (κ2) is 4.81. The molecule has 19 heavy (non-hydrogen) atoms. The molecule has 2 N–H and O–H groups in total. The SMILES string of the molecule is Oc1ccc(C=NNc2nc3ccccc3o2)cc1. The Labute approximate surface area is 109 Å². The first-order valence-corrected chi connectivity index (χ1v) is 5.75. The summed E-state index contributed by atoms with van der Waals surface area (Å²) in [5.41, 5.74) is 5.08. The molecule has 0 aliphatic heterocycles. The zero-order valence-electron chi connectivity index (χ0n) is 9.95. The van der Waals surface area contributed by atoms with Crippen molar-refractivity contribution in [1.82, 2.24) is 4.98 Å². The van der Waals surface area contributed by atoms with Gasteiger partial charge in [-0.1, -0.05) is 12.1 Å². The Balaban J connectivity index is 1.73. The summed E-state index contributed by atoms with van der Waals surface area (Å²) in [6.45, 7) is 0. The molecule has 0 radical (unpaired) electrons. The van der Waals surface area contributed by atoms with Crippen molar-refractivity contribution in [2.75, 3.05) is 5.43 Å². The predicted molar refractivity (Wildman–Crippen MR) is 73.3 cm³/mol. The first-order chi connectivity index (χ1) is 9.31. The minimum absolute atomic E-state index is 0.226. The van der Waals surface area contributed by atoms with E-state index >= 15 is 0 Å². The highest BCUT2D eigenvalue weighted by Crippen LogP contribution is 2.17. The number of nitrogens with zero attached hydrogens (tertiary/aromatic N) is 2. The van der Waals surface area contributed by atoms with Gasteiger partial charge in [0, 0.05) is 0 Å². The number of anilines is 1. The van der Waals surface area contributed by atoms with Crippen molar-refractivity contribution < 1.29 is 9.52 Å². The largest absolute Gasteiger partial charge is 0.508 e. The molecule has 0 bridgehead atoms. The summed E-state index contributed by atoms with van der Waals surface area (Å²) >= 11 is 0. The van der Waals surface area contributed by atoms with E-state index < -0.39 is 0 Å². The standard InChI is InChI=1S/C14H11N3O2/c18-11-7-5-10(6-8-11)9-15-17-14-16-12-3-1-2-4-13(12)19-14/h1-9,18H,(H,16,17). The summed E-state index contributed by atoms with van der Waals surface area (Å²) in [6.07, 6.45) is 1.62. The number of fused-ring (bicyclic) bond motifs is 1. The number of benzene rings is 2. The van der Waals surface area contributed by atoms with Crippen LogP contribution in [0.3, 0.4) is 0 Å². The van der Waals surface area contributed by atoms with Crippen molar-refractivity contribution in [3.63, 3.8) is 0 Å². The molecule has 1 heterocycles. The van der Waals surface area contributed by atoms with Gasteiger partial charge in [0.2, 0.25) is 0 Å². The Bertz CT molecular complexity index is 684. The highest BCUT2D eigenvalue weighted by molar-refractivity contribution is 5.80. The number of para-hydroxylation sites is 2. The van der Waals surface area contributed by atoms with E-state index in [1.807, 2.05) is 24.3 Å². The molecule has 0 unspecified atom stereocenters. The van der Waals surface area contributed by atoms with Crippen molar-refractivity contribution in [3.8, 4) is 5.75 Å². The average Bonchev–Trinajstić information content (AvgIpc) is 2.83. The highest BCUT2D eigenvalue weighted by Gasteiger charge is 2.02. The van der Waals surface area contributed by atoms with Crippen molar-refractivity contribution in [2.24, 2.45) is 5.10 Å². The number of hydrogen-bond donors (Lipinski definition) is 2. The summed E-state index contributed by atoms with van der Waals surface area (Å²) < 4.78 is 5.45. The number of aromatic nitrogens is 1. The van der Waals surface area contributed by atoms with Gasteiger partial charge in [0.25, 0.3) is 0 Å². The van der Waals surface area contributed by atoms with E-state index in [0.29, 0.717) is 11.6 Å². The van der Waals surface area contributed by atoms with E-state index in [2.05, 4.69) is 15.5 Å². The molecule has 0 fully saturated rings. The summed E-state index contributed by atoms with van der Waals surface area (Å²) in [5.74, 6) is 0.226. The third-order valence-electron chi connectivity index (χ3n) is 2.56. The van der Waals surface area contributed by atoms with Crippen LogP contribution < -0.4 is 5.43 Å². The molecule has 0 atom stereocenters. The van der Waals surface area contributed by atoms with Gasteiger partial charge >= 0.3 is 6.01 Å². The molecule has 0 saturated carbocycles. The Hall–Kier alpha value is -2.82. The maximum Gasteiger partial charge on any atom is 0.316 e. The summed E-state index contributed by atoms with van der Waals surface area (Å²) in [6, 6.07) is 14.5. The van der Waals surface area contributed by atoms with Gasteiger partial charge in [-0.25, -0.2) is 5.43 Å². The number of rotatable bonds is 3. The van der Waals surface area contributed by atoms with Crippen LogP contribution in [0.4, 0.5) is 6.01 Å². The molecule has 0 saturated heterocycles. The van der Waals surface area contributed by atoms with Gasteiger partial charge in [-0.15, -0.1) is 0 Å². The molecule has 2 aromatic carbocycles. The average molecular weight is 253 g/mol. The minimum atomic E-state index is 0.226. The first-order valence-electron chi connectivity index (χ1n) is 5.75. The fraction of sp³-hybridized carbons (Fsp3) is 0. The molecule has 3 aromatic rings. The lowest BCUT2D eigenvalue weighted by Crippen LogP contribution is -1.90. The van der Waals surface area contributed by atoms with Crippen LogP contribution in [0.15, 0.2) is 58.0 Å². The van der Waals surface area contributed by atoms with Crippen LogP contribution in [0.2, 0.25) is 0 Å². The number of phenolic OH excluding ortho intramolecular Hbond substituents is 1. The van der Waals surface area contributed by atoms with Crippen LogP contribution in [0.25, 0.3) is 11.1 Å². The second-order valence-corrected chi connectivity index (χ2v) is 3.95. The quantitative estimate of drug-likeness (QED) is 0.556. The van der Waals surface area contributed by atoms with Crippen molar-refractivity contribution in [2.45, 2.75) is 0 Å². The molecule has 1 aromatic heterocycles. The lowest BCUT2D eigenvalue weighted by Gasteiger charge is -1.94. The second-order valence-electron chi connectivity index (χ2n) is 3.95. The summed E-state index contributed by atoms with van der Waals surface area (Å²) in [5, 5.41) is 13.2. The smallest absolute Gasteiger partial charge is 0.316 e. The summed E-state index contributed by atoms with van der Waals surface area (Å²) in [7, 11) is 0. The van der Waals surface area contributed by atoms with E-state index in [4.69, 9.17) is 9.52 Å². The number of hydrazone groups is 1. The van der Waals surface area contributed by atoms with Crippen molar-refractivity contribution >= 4 is 23.3 Å². The van der Waals surface area contributed by atoms with Crippen molar-refractivity contribution in [1.29, 1.82) is 0 Å². The lowest BCUT2D eigenvalue weighted by molar-refractivity contribution is 0.475. The molecule has 0 aliphatic rings. The Morgan fingerprint density at radius 1 is 1.11 bits per heavy atom. The molecule has 0 amide bonds. The van der Waals surface area contributed by atoms with E-state index in [0.717, 1.165) is 11.1 Å². The lowest BCUT2D eigenvalue weighted by atomic mass is 10.2. The minimum Gasteiger partial charge on any atom is -0.508 e. The van der Waals surface area contributed by atoms with Gasteiger partial charge in [-0.2, -0.15) is 10.1 Å². The maximum absolute atomic E-state index is 9.16. The van der Waals surface area contributed by atoms with E-state index in [9.17, 15) is 0 Å². The molecule has 94 valence electrons. The summed E-state index contributed by atoms with van der Waals surface area (Å²) in [4.78, 5) is 4.23. The molecule has 5 heteroatoms. The highest BCUT2D eigenvalue weighted by atomic mass is 16.4. The van der Waals surface area contributed by atoms with E-state index in [1.165, 1.54) is 0 Å². The zero-order chi connectivity index (χ0) is 13.1. The monoisotopic (exact) mass is 253 g/mol. The molecule has 5 nitrogen and oxygen atoms in total. The molecule has 0 spiro atoms. The number of nitrogens with one attached hydrogen (secondary N) is 1. The van der Waals surface area contributed by atoms with Gasteiger partial charge in [0.1, 0.15) is 11.3 Å². The van der Waals surface area contributed by atoms with Gasteiger partial charge in [0.05, 0.1) is 6.21 Å². The van der Waals surface area contributed by atoms with Gasteiger partial charge in [-0.3, -0.25) is 0 Å². The van der Waals surface area contributed by atoms with Crippen LogP contribution in [0.1, 0.15) is 5.56 Å². The maximum atomic E-state index is 9.16. The predicted octanol–water partition coefficient (Wildman–Crippen LogP) is 2.98. The first kappa shape index (κ1) is 11.3. The normalized spacial score (nSPS) is 11.2. The van der Waals surface area contributed by atoms with Crippen molar-refractivity contribution in [3.05, 3.63) is 54.1 Å². The van der Waals surface area contributed by atoms with Gasteiger partial charge in [-0.05, 0) is 42.0 Å². The number of aromatic hydroxyl groups is 1. The number of hydrogen-bond acceptors (Lipinski definition) is 5. The Kier molecular flexibility index (Phi) is 2.86. The van der Waals surface area contributed by atoms with Crippen LogP contribution in [-0.2, 0) is 0 Å². The molecular formula is C14H11N3O2. The third-order valence-corrected chi connectivity index (χ3v) is 2.56. The fourth-order valence-electron chi connectivity index (χ4n) is 1.64. The van der Waals surface area contributed by atoms with Crippen LogP contribution >= 0.6 is 0 Å². The molecule has 3 rings (SSSR count).